The van der Waals surface area contributed by atoms with E-state index in [1.54, 1.807) is 12.1 Å². The molecular formula is C13H9F2N3S. The summed E-state index contributed by atoms with van der Waals surface area (Å²) in [7, 11) is 0. The van der Waals surface area contributed by atoms with Crippen molar-refractivity contribution >= 4 is 17.4 Å². The highest BCUT2D eigenvalue weighted by Crippen LogP contribution is 2.29. The van der Waals surface area contributed by atoms with E-state index in [4.69, 9.17) is 11.0 Å². The van der Waals surface area contributed by atoms with E-state index >= 15 is 0 Å². The molecule has 1 aromatic carbocycles. The Labute approximate surface area is 113 Å². The first-order valence-electron chi connectivity index (χ1n) is 5.32. The highest BCUT2D eigenvalue weighted by atomic mass is 32.2. The third kappa shape index (κ3) is 3.20. The maximum Gasteiger partial charge on any atom is 0.141 e. The smallest absolute Gasteiger partial charge is 0.141 e. The van der Waals surface area contributed by atoms with Crippen LogP contribution in [0.5, 0.6) is 0 Å². The van der Waals surface area contributed by atoms with Gasteiger partial charge in [-0.1, -0.05) is 0 Å². The van der Waals surface area contributed by atoms with Crippen LogP contribution in [0.2, 0.25) is 0 Å². The van der Waals surface area contributed by atoms with Crippen molar-refractivity contribution in [2.45, 2.75) is 10.6 Å². The maximum absolute atomic E-state index is 13.6. The number of nitriles is 1. The number of anilines is 1. The molecule has 0 saturated carbocycles. The number of nitrogens with zero attached hydrogens (tertiary/aromatic N) is 2. The van der Waals surface area contributed by atoms with E-state index in [-0.39, 0.29) is 16.3 Å². The third-order valence-electron chi connectivity index (χ3n) is 2.34. The van der Waals surface area contributed by atoms with Crippen LogP contribution >= 0.6 is 11.8 Å². The Morgan fingerprint density at radius 2 is 1.95 bits per heavy atom. The standard InChI is InChI=1S/C13H9F2N3S/c14-11-4-9(17)5-12(15)13(11)19-7-8-1-2-18-10(3-8)6-16/h1-5H,7,17H2. The van der Waals surface area contributed by atoms with Gasteiger partial charge >= 0.3 is 0 Å². The van der Waals surface area contributed by atoms with E-state index in [1.165, 1.54) is 6.20 Å². The Morgan fingerprint density at radius 3 is 2.58 bits per heavy atom. The molecule has 0 aliphatic rings. The lowest BCUT2D eigenvalue weighted by Gasteiger charge is -2.06. The van der Waals surface area contributed by atoms with E-state index in [9.17, 15) is 8.78 Å². The molecule has 19 heavy (non-hydrogen) atoms. The molecule has 0 fully saturated rings. The monoisotopic (exact) mass is 277 g/mol. The molecule has 96 valence electrons. The van der Waals surface area contributed by atoms with E-state index in [2.05, 4.69) is 4.98 Å². The van der Waals surface area contributed by atoms with Gasteiger partial charge in [0.2, 0.25) is 0 Å². The number of hydrogen-bond donors (Lipinski definition) is 1. The van der Waals surface area contributed by atoms with E-state index in [1.807, 2.05) is 6.07 Å². The van der Waals surface area contributed by atoms with Crippen molar-refractivity contribution in [3.8, 4) is 6.07 Å². The minimum Gasteiger partial charge on any atom is -0.399 e. The molecule has 0 saturated heterocycles. The molecule has 0 amide bonds. The van der Waals surface area contributed by atoms with Gasteiger partial charge in [-0.15, -0.1) is 11.8 Å². The Kier molecular flexibility index (Phi) is 3.97. The molecule has 3 nitrogen and oxygen atoms in total. The Morgan fingerprint density at radius 1 is 1.26 bits per heavy atom. The summed E-state index contributed by atoms with van der Waals surface area (Å²) in [5.41, 5.74) is 6.44. The quantitative estimate of drug-likeness (QED) is 0.691. The fourth-order valence-electron chi connectivity index (χ4n) is 1.50. The summed E-state index contributed by atoms with van der Waals surface area (Å²) in [5, 5.41) is 8.71. The molecule has 0 spiro atoms. The summed E-state index contributed by atoms with van der Waals surface area (Å²) < 4.78 is 27.1. The Hall–Kier alpha value is -2.13. The molecule has 0 aliphatic carbocycles. The van der Waals surface area contributed by atoms with Gasteiger partial charge in [0.15, 0.2) is 0 Å². The zero-order valence-electron chi connectivity index (χ0n) is 9.73. The summed E-state index contributed by atoms with van der Waals surface area (Å²) in [5.74, 6) is -1.02. The average molecular weight is 277 g/mol. The van der Waals surface area contributed by atoms with Crippen LogP contribution < -0.4 is 5.73 Å². The van der Waals surface area contributed by atoms with Crippen LogP contribution in [0, 0.1) is 23.0 Å². The lowest BCUT2D eigenvalue weighted by molar-refractivity contribution is 0.542. The van der Waals surface area contributed by atoms with Crippen molar-refractivity contribution in [3.63, 3.8) is 0 Å². The summed E-state index contributed by atoms with van der Waals surface area (Å²) in [6.45, 7) is 0. The number of thioether (sulfide) groups is 1. The highest BCUT2D eigenvalue weighted by molar-refractivity contribution is 7.98. The number of nitrogens with two attached hydrogens (primary N) is 1. The third-order valence-corrected chi connectivity index (χ3v) is 3.50. The average Bonchev–Trinajstić information content (AvgIpc) is 2.37. The SMILES string of the molecule is N#Cc1cc(CSc2c(F)cc(N)cc2F)ccn1. The molecule has 0 unspecified atom stereocenters. The highest BCUT2D eigenvalue weighted by Gasteiger charge is 2.11. The van der Waals surface area contributed by atoms with Crippen molar-refractivity contribution in [3.05, 3.63) is 53.4 Å². The first kappa shape index (κ1) is 13.3. The first-order chi connectivity index (χ1) is 9.10. The molecule has 2 N–H and O–H groups in total. The second-order valence-corrected chi connectivity index (χ2v) is 4.75. The van der Waals surface area contributed by atoms with Crippen LogP contribution in [0.25, 0.3) is 0 Å². The lowest BCUT2D eigenvalue weighted by atomic mass is 10.2. The van der Waals surface area contributed by atoms with Crippen LogP contribution in [0.15, 0.2) is 35.4 Å². The molecular weight excluding hydrogens is 268 g/mol. The van der Waals surface area contributed by atoms with Gasteiger partial charge in [-0.3, -0.25) is 0 Å². The van der Waals surface area contributed by atoms with Gasteiger partial charge in [-0.2, -0.15) is 5.26 Å². The van der Waals surface area contributed by atoms with Crippen LogP contribution in [0.3, 0.4) is 0 Å². The second kappa shape index (κ2) is 5.67. The normalized spacial score (nSPS) is 10.2. The van der Waals surface area contributed by atoms with Crippen LogP contribution in [0.4, 0.5) is 14.5 Å². The number of pyridine rings is 1. The predicted molar refractivity (Wildman–Crippen MR) is 69.3 cm³/mol. The molecule has 0 atom stereocenters. The second-order valence-electron chi connectivity index (χ2n) is 3.76. The van der Waals surface area contributed by atoms with Crippen molar-refractivity contribution in [1.29, 1.82) is 5.26 Å². The molecule has 1 heterocycles. The van der Waals surface area contributed by atoms with Crippen LogP contribution in [0.1, 0.15) is 11.3 Å². The summed E-state index contributed by atoms with van der Waals surface area (Å²) in [6.07, 6.45) is 1.49. The van der Waals surface area contributed by atoms with Gasteiger partial charge < -0.3 is 5.73 Å². The van der Waals surface area contributed by atoms with Crippen LogP contribution in [-0.4, -0.2) is 4.98 Å². The van der Waals surface area contributed by atoms with Gasteiger partial charge in [0.1, 0.15) is 23.4 Å². The largest absolute Gasteiger partial charge is 0.399 e. The number of halogens is 2. The number of hydrogen-bond acceptors (Lipinski definition) is 4. The number of rotatable bonds is 3. The fraction of sp³-hybridized carbons (Fsp3) is 0.0769. The zero-order valence-corrected chi connectivity index (χ0v) is 10.5. The first-order valence-corrected chi connectivity index (χ1v) is 6.31. The van der Waals surface area contributed by atoms with Gasteiger partial charge in [-0.25, -0.2) is 13.8 Å². The Balaban J connectivity index is 2.17. The van der Waals surface area contributed by atoms with Crippen molar-refractivity contribution in [2.75, 3.05) is 5.73 Å². The topological polar surface area (TPSA) is 62.7 Å². The molecule has 0 radical (unpaired) electrons. The minimum absolute atomic E-state index is 0.0510. The van der Waals surface area contributed by atoms with Crippen molar-refractivity contribution < 1.29 is 8.78 Å². The number of benzene rings is 1. The number of nitrogen functional groups attached to an aromatic ring is 1. The van der Waals surface area contributed by atoms with Crippen molar-refractivity contribution in [2.24, 2.45) is 0 Å². The van der Waals surface area contributed by atoms with Gasteiger partial charge in [0, 0.05) is 17.6 Å². The van der Waals surface area contributed by atoms with Crippen LogP contribution in [-0.2, 0) is 5.75 Å². The lowest BCUT2D eigenvalue weighted by Crippen LogP contribution is -1.94. The molecule has 2 rings (SSSR count). The van der Waals surface area contributed by atoms with Gasteiger partial charge in [0.25, 0.3) is 0 Å². The molecule has 1 aromatic heterocycles. The molecule has 2 aromatic rings. The predicted octanol–water partition coefficient (Wildman–Crippen LogP) is 3.11. The molecule has 0 aliphatic heterocycles. The van der Waals surface area contributed by atoms with E-state index in [0.29, 0.717) is 5.75 Å². The summed E-state index contributed by atoms with van der Waals surface area (Å²) >= 11 is 1.01. The van der Waals surface area contributed by atoms with E-state index < -0.39 is 11.6 Å². The van der Waals surface area contributed by atoms with Gasteiger partial charge in [-0.05, 0) is 29.8 Å². The summed E-state index contributed by atoms with van der Waals surface area (Å²) in [4.78, 5) is 3.75. The Bertz CT molecular complexity index is 630. The summed E-state index contributed by atoms with van der Waals surface area (Å²) in [6, 6.07) is 7.35. The maximum atomic E-state index is 13.6. The minimum atomic E-state index is -0.683. The van der Waals surface area contributed by atoms with E-state index in [0.717, 1.165) is 29.5 Å². The molecule has 0 bridgehead atoms. The molecule has 6 heteroatoms. The van der Waals surface area contributed by atoms with Gasteiger partial charge in [0.05, 0.1) is 4.90 Å². The van der Waals surface area contributed by atoms with Crippen molar-refractivity contribution in [1.82, 2.24) is 4.98 Å². The zero-order chi connectivity index (χ0) is 13.8. The number of aromatic nitrogens is 1. The fourth-order valence-corrected chi connectivity index (χ4v) is 2.38.